The molecule has 2 aromatic rings. The van der Waals surface area contributed by atoms with Crippen molar-refractivity contribution >= 4 is 0 Å². The number of rotatable bonds is 5. The van der Waals surface area contributed by atoms with Gasteiger partial charge < -0.3 is 9.15 Å². The van der Waals surface area contributed by atoms with E-state index in [4.69, 9.17) is 9.15 Å². The molecule has 1 aliphatic carbocycles. The second-order valence-corrected chi connectivity index (χ2v) is 6.25. The van der Waals surface area contributed by atoms with Gasteiger partial charge in [-0.15, -0.1) is 10.2 Å². The van der Waals surface area contributed by atoms with Crippen molar-refractivity contribution in [1.29, 1.82) is 0 Å². The zero-order valence-electron chi connectivity index (χ0n) is 13.4. The van der Waals surface area contributed by atoms with E-state index in [-0.39, 0.29) is 6.10 Å². The third-order valence-corrected chi connectivity index (χ3v) is 4.62. The quantitative estimate of drug-likeness (QED) is 0.894. The Morgan fingerprint density at radius 2 is 2.22 bits per heavy atom. The summed E-state index contributed by atoms with van der Waals surface area (Å²) >= 11 is 0. The fourth-order valence-corrected chi connectivity index (χ4v) is 2.96. The number of H-pyrrole nitrogens is 1. The number of hydrogen-bond donors (Lipinski definition) is 1. The van der Waals surface area contributed by atoms with E-state index in [1.165, 1.54) is 19.3 Å². The summed E-state index contributed by atoms with van der Waals surface area (Å²) < 4.78 is 11.6. The Morgan fingerprint density at radius 3 is 2.96 bits per heavy atom. The number of ether oxygens (including phenoxy) is 1. The summed E-state index contributed by atoms with van der Waals surface area (Å²) in [5.41, 5.74) is 0. The maximum atomic E-state index is 5.81. The molecule has 1 saturated heterocycles. The molecule has 8 heteroatoms. The van der Waals surface area contributed by atoms with E-state index in [9.17, 15) is 0 Å². The first-order valence-corrected chi connectivity index (χ1v) is 8.39. The molecular formula is C15H22N6O2. The SMILES string of the molecule is CCc1nc([C@H]2CN(Cc3nnc(C4CCC4)o3)CCO2)n[nH]1. The minimum Gasteiger partial charge on any atom is -0.424 e. The van der Waals surface area contributed by atoms with Gasteiger partial charge in [-0.3, -0.25) is 10.00 Å². The molecule has 2 aromatic heterocycles. The van der Waals surface area contributed by atoms with Gasteiger partial charge in [-0.1, -0.05) is 13.3 Å². The highest BCUT2D eigenvalue weighted by Crippen LogP contribution is 2.35. The molecule has 8 nitrogen and oxygen atoms in total. The Bertz CT molecular complexity index is 650. The summed E-state index contributed by atoms with van der Waals surface area (Å²) in [5, 5.41) is 15.6. The van der Waals surface area contributed by atoms with Crippen LogP contribution in [-0.4, -0.2) is 50.0 Å². The summed E-state index contributed by atoms with van der Waals surface area (Å²) in [7, 11) is 0. The molecule has 0 unspecified atom stereocenters. The molecule has 0 amide bonds. The first kappa shape index (κ1) is 14.8. The number of morpholine rings is 1. The minimum atomic E-state index is -0.102. The molecule has 2 aliphatic rings. The zero-order valence-corrected chi connectivity index (χ0v) is 13.4. The molecule has 1 saturated carbocycles. The van der Waals surface area contributed by atoms with Crippen LogP contribution in [-0.2, 0) is 17.7 Å². The van der Waals surface area contributed by atoms with Gasteiger partial charge >= 0.3 is 0 Å². The second-order valence-electron chi connectivity index (χ2n) is 6.25. The van der Waals surface area contributed by atoms with Gasteiger partial charge in [-0.2, -0.15) is 5.10 Å². The predicted octanol–water partition coefficient (Wildman–Crippen LogP) is 1.59. The molecule has 1 atom stereocenters. The molecule has 3 heterocycles. The molecule has 4 rings (SSSR count). The standard InChI is InChI=1S/C15H22N6O2/c1-2-12-16-14(19-17-12)11-8-21(6-7-22-11)9-13-18-20-15(23-13)10-4-3-5-10/h10-11H,2-9H2,1H3,(H,16,17,19)/t11-/m1/s1. The molecule has 0 bridgehead atoms. The topological polar surface area (TPSA) is 93.0 Å². The number of aromatic nitrogens is 5. The van der Waals surface area contributed by atoms with Crippen molar-refractivity contribution in [3.05, 3.63) is 23.4 Å². The van der Waals surface area contributed by atoms with E-state index in [1.54, 1.807) is 0 Å². The number of nitrogens with zero attached hydrogens (tertiary/aromatic N) is 5. The van der Waals surface area contributed by atoms with Crippen molar-refractivity contribution in [3.8, 4) is 0 Å². The summed E-state index contributed by atoms with van der Waals surface area (Å²) in [5.74, 6) is 3.60. The fraction of sp³-hybridized carbons (Fsp3) is 0.733. The molecule has 2 fully saturated rings. The largest absolute Gasteiger partial charge is 0.424 e. The molecule has 124 valence electrons. The number of hydrogen-bond acceptors (Lipinski definition) is 7. The van der Waals surface area contributed by atoms with Crippen molar-refractivity contribution in [2.45, 2.75) is 51.2 Å². The lowest BCUT2D eigenvalue weighted by Crippen LogP contribution is -2.38. The van der Waals surface area contributed by atoms with Crippen LogP contribution in [0.4, 0.5) is 0 Å². The summed E-state index contributed by atoms with van der Waals surface area (Å²) in [6.45, 7) is 4.95. The van der Waals surface area contributed by atoms with Crippen LogP contribution < -0.4 is 0 Å². The van der Waals surface area contributed by atoms with Gasteiger partial charge in [0.25, 0.3) is 0 Å². The van der Waals surface area contributed by atoms with Crippen molar-refractivity contribution in [3.63, 3.8) is 0 Å². The molecule has 1 N–H and O–H groups in total. The van der Waals surface area contributed by atoms with E-state index in [1.807, 2.05) is 6.92 Å². The van der Waals surface area contributed by atoms with Crippen LogP contribution in [0.2, 0.25) is 0 Å². The lowest BCUT2D eigenvalue weighted by molar-refractivity contribution is -0.0393. The Balaban J connectivity index is 1.38. The number of nitrogens with one attached hydrogen (secondary N) is 1. The first-order valence-electron chi connectivity index (χ1n) is 8.39. The van der Waals surface area contributed by atoms with Gasteiger partial charge in [0.05, 0.1) is 13.2 Å². The number of aryl methyl sites for hydroxylation is 1. The maximum Gasteiger partial charge on any atom is 0.230 e. The van der Waals surface area contributed by atoms with Gasteiger partial charge in [0.15, 0.2) is 5.82 Å². The highest BCUT2D eigenvalue weighted by molar-refractivity contribution is 4.98. The van der Waals surface area contributed by atoms with E-state index >= 15 is 0 Å². The minimum absolute atomic E-state index is 0.102. The first-order chi connectivity index (χ1) is 11.3. The van der Waals surface area contributed by atoms with Crippen LogP contribution in [0, 0.1) is 0 Å². The van der Waals surface area contributed by atoms with Crippen LogP contribution in [0.5, 0.6) is 0 Å². The van der Waals surface area contributed by atoms with Gasteiger partial charge in [-0.05, 0) is 12.8 Å². The molecule has 0 aromatic carbocycles. The van der Waals surface area contributed by atoms with Gasteiger partial charge in [0.2, 0.25) is 11.8 Å². The Kier molecular flexibility index (Phi) is 4.09. The summed E-state index contributed by atoms with van der Waals surface area (Å²) in [6.07, 6.45) is 4.35. The molecule has 0 spiro atoms. The van der Waals surface area contributed by atoms with Crippen molar-refractivity contribution in [2.24, 2.45) is 0 Å². The highest BCUT2D eigenvalue weighted by Gasteiger charge is 2.28. The lowest BCUT2D eigenvalue weighted by Gasteiger charge is -2.30. The third kappa shape index (κ3) is 3.13. The molecule has 1 aliphatic heterocycles. The maximum absolute atomic E-state index is 5.81. The normalized spacial score (nSPS) is 23.1. The van der Waals surface area contributed by atoms with E-state index in [0.29, 0.717) is 25.0 Å². The van der Waals surface area contributed by atoms with E-state index in [0.717, 1.165) is 37.0 Å². The highest BCUT2D eigenvalue weighted by atomic mass is 16.5. The monoisotopic (exact) mass is 318 g/mol. The predicted molar refractivity (Wildman–Crippen MR) is 80.6 cm³/mol. The smallest absolute Gasteiger partial charge is 0.230 e. The van der Waals surface area contributed by atoms with Crippen LogP contribution in [0.1, 0.15) is 61.6 Å². The average molecular weight is 318 g/mol. The van der Waals surface area contributed by atoms with Crippen LogP contribution in [0.25, 0.3) is 0 Å². The van der Waals surface area contributed by atoms with Crippen molar-refractivity contribution < 1.29 is 9.15 Å². The van der Waals surface area contributed by atoms with E-state index < -0.39 is 0 Å². The Morgan fingerprint density at radius 1 is 1.30 bits per heavy atom. The Labute approximate surface area is 134 Å². The zero-order chi connectivity index (χ0) is 15.6. The van der Waals surface area contributed by atoms with Crippen molar-refractivity contribution in [1.82, 2.24) is 30.3 Å². The summed E-state index contributed by atoms with van der Waals surface area (Å²) in [4.78, 5) is 6.73. The van der Waals surface area contributed by atoms with Crippen LogP contribution in [0.3, 0.4) is 0 Å². The van der Waals surface area contributed by atoms with Crippen LogP contribution >= 0.6 is 0 Å². The Hall–Kier alpha value is -1.80. The van der Waals surface area contributed by atoms with Gasteiger partial charge in [0.1, 0.15) is 11.9 Å². The van der Waals surface area contributed by atoms with Gasteiger partial charge in [0, 0.05) is 25.4 Å². The second kappa shape index (κ2) is 6.37. The molecule has 0 radical (unpaired) electrons. The third-order valence-electron chi connectivity index (χ3n) is 4.62. The van der Waals surface area contributed by atoms with Crippen LogP contribution in [0.15, 0.2) is 4.42 Å². The average Bonchev–Trinajstić information content (AvgIpc) is 3.15. The number of aromatic amines is 1. The molecule has 23 heavy (non-hydrogen) atoms. The fourth-order valence-electron chi connectivity index (χ4n) is 2.96. The van der Waals surface area contributed by atoms with Gasteiger partial charge in [-0.25, -0.2) is 4.98 Å². The van der Waals surface area contributed by atoms with Crippen molar-refractivity contribution in [2.75, 3.05) is 19.7 Å². The summed E-state index contributed by atoms with van der Waals surface area (Å²) in [6, 6.07) is 0. The lowest BCUT2D eigenvalue weighted by atomic mass is 9.85. The molecular weight excluding hydrogens is 296 g/mol. The van der Waals surface area contributed by atoms with E-state index in [2.05, 4.69) is 30.3 Å².